The van der Waals surface area contributed by atoms with E-state index < -0.39 is 0 Å². The Kier molecular flexibility index (Phi) is 4.16. The van der Waals surface area contributed by atoms with Crippen LogP contribution in [0.15, 0.2) is 0 Å². The average molecular weight is 186 g/mol. The lowest BCUT2D eigenvalue weighted by molar-refractivity contribution is 0.0840. The van der Waals surface area contributed by atoms with Crippen LogP contribution in [0.25, 0.3) is 0 Å². The molecule has 0 spiro atoms. The van der Waals surface area contributed by atoms with Crippen LogP contribution >= 0.6 is 0 Å². The highest BCUT2D eigenvalue weighted by Gasteiger charge is 2.30. The third kappa shape index (κ3) is 3.25. The van der Waals surface area contributed by atoms with Crippen molar-refractivity contribution in [2.75, 3.05) is 32.8 Å². The average Bonchev–Trinajstić information content (AvgIpc) is 2.40. The van der Waals surface area contributed by atoms with Gasteiger partial charge in [-0.2, -0.15) is 0 Å². The number of hydrogen-bond acceptors (Lipinski definition) is 3. The van der Waals surface area contributed by atoms with Gasteiger partial charge < -0.3 is 10.5 Å². The molecule has 1 fully saturated rings. The Hall–Kier alpha value is -0.120. The summed E-state index contributed by atoms with van der Waals surface area (Å²) in [5, 5.41) is 0. The van der Waals surface area contributed by atoms with Crippen molar-refractivity contribution in [2.45, 2.75) is 32.2 Å². The van der Waals surface area contributed by atoms with E-state index in [2.05, 4.69) is 18.7 Å². The van der Waals surface area contributed by atoms with Gasteiger partial charge in [0, 0.05) is 18.6 Å². The standard InChI is InChI=1S/C10H22N2O/c1-10(2)4-3-6-12(10)7-9-13-8-5-11/h3-9,11H2,1-2H3. The Morgan fingerprint density at radius 1 is 1.38 bits per heavy atom. The lowest BCUT2D eigenvalue weighted by Gasteiger charge is -2.31. The summed E-state index contributed by atoms with van der Waals surface area (Å²) in [6.45, 7) is 9.02. The van der Waals surface area contributed by atoms with Gasteiger partial charge in [-0.15, -0.1) is 0 Å². The molecule has 0 amide bonds. The van der Waals surface area contributed by atoms with Gasteiger partial charge in [-0.1, -0.05) is 0 Å². The predicted octanol–water partition coefficient (Wildman–Crippen LogP) is 0.836. The maximum absolute atomic E-state index is 5.37. The third-order valence-corrected chi connectivity index (χ3v) is 2.84. The van der Waals surface area contributed by atoms with Crippen molar-refractivity contribution in [1.29, 1.82) is 0 Å². The molecule has 78 valence electrons. The predicted molar refractivity (Wildman–Crippen MR) is 54.8 cm³/mol. The maximum atomic E-state index is 5.37. The molecule has 1 heterocycles. The number of nitrogens with two attached hydrogens (primary N) is 1. The minimum atomic E-state index is 0.381. The molecule has 0 radical (unpaired) electrons. The fraction of sp³-hybridized carbons (Fsp3) is 1.00. The van der Waals surface area contributed by atoms with E-state index in [-0.39, 0.29) is 0 Å². The molecular weight excluding hydrogens is 164 g/mol. The molecule has 0 aromatic heterocycles. The van der Waals surface area contributed by atoms with Crippen LogP contribution in [-0.4, -0.2) is 43.3 Å². The van der Waals surface area contributed by atoms with Gasteiger partial charge in [0.15, 0.2) is 0 Å². The lowest BCUT2D eigenvalue weighted by Crippen LogP contribution is -2.40. The molecule has 0 aromatic rings. The van der Waals surface area contributed by atoms with Crippen molar-refractivity contribution in [2.24, 2.45) is 5.73 Å². The summed E-state index contributed by atoms with van der Waals surface area (Å²) >= 11 is 0. The number of ether oxygens (including phenoxy) is 1. The number of hydrogen-bond donors (Lipinski definition) is 1. The summed E-state index contributed by atoms with van der Waals surface area (Å²) in [7, 11) is 0. The second-order valence-electron chi connectivity index (χ2n) is 4.30. The quantitative estimate of drug-likeness (QED) is 0.647. The topological polar surface area (TPSA) is 38.5 Å². The van der Waals surface area contributed by atoms with Crippen molar-refractivity contribution < 1.29 is 4.74 Å². The highest BCUT2D eigenvalue weighted by Crippen LogP contribution is 2.27. The van der Waals surface area contributed by atoms with E-state index in [4.69, 9.17) is 10.5 Å². The van der Waals surface area contributed by atoms with Crippen LogP contribution in [0.4, 0.5) is 0 Å². The van der Waals surface area contributed by atoms with E-state index in [9.17, 15) is 0 Å². The molecule has 1 aliphatic heterocycles. The van der Waals surface area contributed by atoms with E-state index in [0.29, 0.717) is 18.7 Å². The second-order valence-corrected chi connectivity index (χ2v) is 4.30. The van der Waals surface area contributed by atoms with Gasteiger partial charge >= 0.3 is 0 Å². The molecule has 0 aliphatic carbocycles. The summed E-state index contributed by atoms with van der Waals surface area (Å²) in [6.07, 6.45) is 2.63. The smallest absolute Gasteiger partial charge is 0.0594 e. The summed E-state index contributed by atoms with van der Waals surface area (Å²) in [4.78, 5) is 2.50. The van der Waals surface area contributed by atoms with E-state index in [1.165, 1.54) is 19.4 Å². The van der Waals surface area contributed by atoms with Crippen molar-refractivity contribution in [3.63, 3.8) is 0 Å². The molecule has 2 N–H and O–H groups in total. The molecule has 3 heteroatoms. The summed E-state index contributed by atoms with van der Waals surface area (Å²) in [5.74, 6) is 0. The third-order valence-electron chi connectivity index (χ3n) is 2.84. The molecule has 3 nitrogen and oxygen atoms in total. The van der Waals surface area contributed by atoms with E-state index in [0.717, 1.165) is 13.2 Å². The molecule has 0 aromatic carbocycles. The van der Waals surface area contributed by atoms with Gasteiger partial charge in [-0.25, -0.2) is 0 Å². The molecule has 0 bridgehead atoms. The Labute approximate surface area is 81.2 Å². The Morgan fingerprint density at radius 3 is 2.69 bits per heavy atom. The molecule has 0 saturated carbocycles. The zero-order valence-corrected chi connectivity index (χ0v) is 8.88. The number of nitrogens with zero attached hydrogens (tertiary/aromatic N) is 1. The first-order valence-electron chi connectivity index (χ1n) is 5.20. The molecule has 1 aliphatic rings. The first kappa shape index (κ1) is 11.0. The van der Waals surface area contributed by atoms with Gasteiger partial charge in [0.2, 0.25) is 0 Å². The molecule has 1 saturated heterocycles. The van der Waals surface area contributed by atoms with E-state index in [1.54, 1.807) is 0 Å². The summed E-state index contributed by atoms with van der Waals surface area (Å²) < 4.78 is 5.37. The SMILES string of the molecule is CC1(C)CCCN1CCOCCN. The first-order valence-corrected chi connectivity index (χ1v) is 5.20. The van der Waals surface area contributed by atoms with Gasteiger partial charge in [0.25, 0.3) is 0 Å². The Bertz CT molecular complexity index is 148. The van der Waals surface area contributed by atoms with Gasteiger partial charge in [-0.3, -0.25) is 4.90 Å². The first-order chi connectivity index (χ1) is 6.17. The van der Waals surface area contributed by atoms with Crippen LogP contribution in [0.2, 0.25) is 0 Å². The van der Waals surface area contributed by atoms with Crippen LogP contribution < -0.4 is 5.73 Å². The largest absolute Gasteiger partial charge is 0.379 e. The Morgan fingerprint density at radius 2 is 2.15 bits per heavy atom. The maximum Gasteiger partial charge on any atom is 0.0594 e. The second kappa shape index (κ2) is 4.94. The molecular formula is C10H22N2O. The van der Waals surface area contributed by atoms with E-state index >= 15 is 0 Å². The van der Waals surface area contributed by atoms with Crippen LogP contribution in [-0.2, 0) is 4.74 Å². The lowest BCUT2D eigenvalue weighted by atomic mass is 10.0. The summed E-state index contributed by atoms with van der Waals surface area (Å²) in [6, 6.07) is 0. The minimum absolute atomic E-state index is 0.381. The van der Waals surface area contributed by atoms with Crippen LogP contribution in [0.3, 0.4) is 0 Å². The monoisotopic (exact) mass is 186 g/mol. The molecule has 13 heavy (non-hydrogen) atoms. The van der Waals surface area contributed by atoms with Crippen molar-refractivity contribution in [3.8, 4) is 0 Å². The van der Waals surface area contributed by atoms with Crippen molar-refractivity contribution in [1.82, 2.24) is 4.90 Å². The van der Waals surface area contributed by atoms with E-state index in [1.807, 2.05) is 0 Å². The van der Waals surface area contributed by atoms with Crippen molar-refractivity contribution >= 4 is 0 Å². The fourth-order valence-electron chi connectivity index (χ4n) is 1.94. The molecule has 0 unspecified atom stereocenters. The number of likely N-dealkylation sites (tertiary alicyclic amines) is 1. The minimum Gasteiger partial charge on any atom is -0.379 e. The van der Waals surface area contributed by atoms with Gasteiger partial charge in [0.05, 0.1) is 13.2 Å². The highest BCUT2D eigenvalue weighted by molar-refractivity contribution is 4.87. The zero-order chi connectivity index (χ0) is 9.73. The van der Waals surface area contributed by atoms with Crippen molar-refractivity contribution in [3.05, 3.63) is 0 Å². The Balaban J connectivity index is 2.14. The molecule has 0 atom stereocenters. The van der Waals surface area contributed by atoms with Crippen LogP contribution in [0.1, 0.15) is 26.7 Å². The zero-order valence-electron chi connectivity index (χ0n) is 8.88. The number of rotatable bonds is 5. The van der Waals surface area contributed by atoms with Gasteiger partial charge in [-0.05, 0) is 33.2 Å². The van der Waals surface area contributed by atoms with Gasteiger partial charge in [0.1, 0.15) is 0 Å². The summed E-state index contributed by atoms with van der Waals surface area (Å²) in [5.41, 5.74) is 5.72. The van der Waals surface area contributed by atoms with Crippen LogP contribution in [0, 0.1) is 0 Å². The van der Waals surface area contributed by atoms with Crippen LogP contribution in [0.5, 0.6) is 0 Å². The highest BCUT2D eigenvalue weighted by atomic mass is 16.5. The fourth-order valence-corrected chi connectivity index (χ4v) is 1.94. The normalized spacial score (nSPS) is 22.4. The molecule has 1 rings (SSSR count).